The molecule has 5 heteroatoms. The summed E-state index contributed by atoms with van der Waals surface area (Å²) in [7, 11) is 1.94. The summed E-state index contributed by atoms with van der Waals surface area (Å²) in [6.07, 6.45) is 0.926. The molecule has 0 saturated heterocycles. The van der Waals surface area contributed by atoms with Gasteiger partial charge in [-0.25, -0.2) is 0 Å². The van der Waals surface area contributed by atoms with Gasteiger partial charge in [0.25, 0.3) is 0 Å². The van der Waals surface area contributed by atoms with Crippen LogP contribution < -0.4 is 10.5 Å². The largest absolute Gasteiger partial charge is 0.487 e. The Morgan fingerprint density at radius 2 is 2.15 bits per heavy atom. The number of rotatable bonds is 5. The van der Waals surface area contributed by atoms with E-state index >= 15 is 0 Å². The van der Waals surface area contributed by atoms with Crippen LogP contribution in [-0.4, -0.2) is 9.78 Å². The quantitative estimate of drug-likeness (QED) is 0.910. The summed E-state index contributed by atoms with van der Waals surface area (Å²) in [5.41, 5.74) is 9.11. The van der Waals surface area contributed by atoms with Gasteiger partial charge in [0.15, 0.2) is 0 Å². The number of nitrogens with two attached hydrogens (primary N) is 1. The van der Waals surface area contributed by atoms with E-state index in [1.165, 1.54) is 0 Å². The van der Waals surface area contributed by atoms with Gasteiger partial charge in [0.2, 0.25) is 0 Å². The van der Waals surface area contributed by atoms with Crippen LogP contribution in [0.2, 0.25) is 0 Å². The third-order valence-electron chi connectivity index (χ3n) is 3.23. The zero-order valence-corrected chi connectivity index (χ0v) is 13.6. The molecule has 2 rings (SSSR count). The van der Waals surface area contributed by atoms with Crippen molar-refractivity contribution >= 4 is 15.9 Å². The lowest BCUT2D eigenvalue weighted by Gasteiger charge is -2.14. The van der Waals surface area contributed by atoms with Crippen molar-refractivity contribution in [2.24, 2.45) is 12.8 Å². The topological polar surface area (TPSA) is 53.1 Å². The molecule has 0 spiro atoms. The molecule has 0 aliphatic heterocycles. The summed E-state index contributed by atoms with van der Waals surface area (Å²) in [4.78, 5) is 0. The third kappa shape index (κ3) is 3.41. The van der Waals surface area contributed by atoms with Gasteiger partial charge < -0.3 is 10.5 Å². The van der Waals surface area contributed by atoms with E-state index in [2.05, 4.69) is 34.0 Å². The van der Waals surface area contributed by atoms with Gasteiger partial charge in [0.1, 0.15) is 12.4 Å². The number of benzene rings is 1. The van der Waals surface area contributed by atoms with Crippen molar-refractivity contribution in [3.63, 3.8) is 0 Å². The molecular formula is C15H20BrN3O. The summed E-state index contributed by atoms with van der Waals surface area (Å²) in [5.74, 6) is 0.814. The van der Waals surface area contributed by atoms with E-state index in [9.17, 15) is 0 Å². The van der Waals surface area contributed by atoms with Crippen molar-refractivity contribution in [2.45, 2.75) is 32.9 Å². The minimum Gasteiger partial charge on any atom is -0.487 e. The van der Waals surface area contributed by atoms with Crippen LogP contribution in [0, 0.1) is 0 Å². The molecule has 0 unspecified atom stereocenters. The molecule has 20 heavy (non-hydrogen) atoms. The number of aryl methyl sites for hydroxylation is 2. The summed E-state index contributed by atoms with van der Waals surface area (Å²) in [5, 5.41) is 4.42. The highest BCUT2D eigenvalue weighted by Gasteiger charge is 2.10. The second-order valence-electron chi connectivity index (χ2n) is 4.86. The molecule has 2 aromatic rings. The molecule has 0 radical (unpaired) electrons. The first-order valence-corrected chi connectivity index (χ1v) is 7.50. The predicted molar refractivity (Wildman–Crippen MR) is 83.7 cm³/mol. The van der Waals surface area contributed by atoms with Crippen LogP contribution in [0.4, 0.5) is 0 Å². The van der Waals surface area contributed by atoms with Crippen LogP contribution >= 0.6 is 15.9 Å². The Balaban J connectivity index is 2.17. The van der Waals surface area contributed by atoms with Crippen LogP contribution in [0.1, 0.15) is 36.8 Å². The van der Waals surface area contributed by atoms with E-state index in [1.807, 2.05) is 36.9 Å². The van der Waals surface area contributed by atoms with Gasteiger partial charge in [0.05, 0.1) is 11.4 Å². The standard InChI is InChI=1S/C15H20BrN3O/c1-4-12-8-13(19(3)18-12)9-20-15-7-11(16)5-6-14(15)10(2)17/h5-8,10H,4,9,17H2,1-3H3/t10-/m1/s1. The molecule has 1 heterocycles. The second kappa shape index (κ2) is 6.41. The number of aromatic nitrogens is 2. The molecule has 1 aromatic carbocycles. The van der Waals surface area contributed by atoms with E-state index in [1.54, 1.807) is 0 Å². The summed E-state index contributed by atoms with van der Waals surface area (Å²) >= 11 is 3.46. The Hall–Kier alpha value is -1.33. The Morgan fingerprint density at radius 3 is 2.75 bits per heavy atom. The monoisotopic (exact) mass is 337 g/mol. The highest BCUT2D eigenvalue weighted by atomic mass is 79.9. The van der Waals surface area contributed by atoms with Gasteiger partial charge in [-0.2, -0.15) is 5.10 Å². The highest BCUT2D eigenvalue weighted by molar-refractivity contribution is 9.10. The SMILES string of the molecule is CCc1cc(COc2cc(Br)ccc2[C@@H](C)N)n(C)n1. The van der Waals surface area contributed by atoms with Crippen molar-refractivity contribution in [1.29, 1.82) is 0 Å². The average Bonchev–Trinajstić information content (AvgIpc) is 2.76. The van der Waals surface area contributed by atoms with Crippen molar-refractivity contribution in [3.8, 4) is 5.75 Å². The molecule has 1 aromatic heterocycles. The molecule has 0 fully saturated rings. The number of nitrogens with zero attached hydrogens (tertiary/aromatic N) is 2. The normalized spacial score (nSPS) is 12.4. The first-order valence-electron chi connectivity index (χ1n) is 6.71. The van der Waals surface area contributed by atoms with Gasteiger partial charge in [-0.05, 0) is 31.5 Å². The van der Waals surface area contributed by atoms with E-state index in [-0.39, 0.29) is 6.04 Å². The Morgan fingerprint density at radius 1 is 1.40 bits per heavy atom. The minimum absolute atomic E-state index is 0.0594. The smallest absolute Gasteiger partial charge is 0.130 e. The zero-order valence-electron chi connectivity index (χ0n) is 12.1. The maximum Gasteiger partial charge on any atom is 0.130 e. The maximum atomic E-state index is 5.98. The summed E-state index contributed by atoms with van der Waals surface area (Å²) in [6.45, 7) is 4.53. The predicted octanol–water partition coefficient (Wildman–Crippen LogP) is 3.34. The van der Waals surface area contributed by atoms with E-state index in [0.717, 1.165) is 33.6 Å². The van der Waals surface area contributed by atoms with Crippen LogP contribution in [0.3, 0.4) is 0 Å². The molecule has 108 valence electrons. The molecule has 0 amide bonds. The Bertz CT molecular complexity index is 593. The first-order chi connectivity index (χ1) is 9.51. The third-order valence-corrected chi connectivity index (χ3v) is 3.72. The maximum absolute atomic E-state index is 5.98. The van der Waals surface area contributed by atoms with Crippen LogP contribution in [0.5, 0.6) is 5.75 Å². The summed E-state index contributed by atoms with van der Waals surface area (Å²) < 4.78 is 8.78. The number of hydrogen-bond acceptors (Lipinski definition) is 3. The average molecular weight is 338 g/mol. The number of ether oxygens (including phenoxy) is 1. The van der Waals surface area contributed by atoms with Gasteiger partial charge in [0, 0.05) is 23.1 Å². The summed E-state index contributed by atoms with van der Waals surface area (Å²) in [6, 6.07) is 7.94. The van der Waals surface area contributed by atoms with Crippen LogP contribution in [-0.2, 0) is 20.1 Å². The van der Waals surface area contributed by atoms with Crippen molar-refractivity contribution in [1.82, 2.24) is 9.78 Å². The molecule has 0 bridgehead atoms. The Labute approximate surface area is 128 Å². The fraction of sp³-hybridized carbons (Fsp3) is 0.400. The Kier molecular flexibility index (Phi) is 4.83. The van der Waals surface area contributed by atoms with Crippen LogP contribution in [0.25, 0.3) is 0 Å². The molecule has 4 nitrogen and oxygen atoms in total. The molecule has 1 atom stereocenters. The van der Waals surface area contributed by atoms with Crippen molar-refractivity contribution in [2.75, 3.05) is 0 Å². The zero-order chi connectivity index (χ0) is 14.7. The fourth-order valence-corrected chi connectivity index (χ4v) is 2.38. The van der Waals surface area contributed by atoms with E-state index in [4.69, 9.17) is 10.5 Å². The van der Waals surface area contributed by atoms with Crippen LogP contribution in [0.15, 0.2) is 28.7 Å². The van der Waals surface area contributed by atoms with Gasteiger partial charge in [-0.3, -0.25) is 4.68 Å². The second-order valence-corrected chi connectivity index (χ2v) is 5.78. The first kappa shape index (κ1) is 15.1. The molecular weight excluding hydrogens is 318 g/mol. The van der Waals surface area contributed by atoms with Gasteiger partial charge in [-0.15, -0.1) is 0 Å². The van der Waals surface area contributed by atoms with Crippen molar-refractivity contribution < 1.29 is 4.74 Å². The van der Waals surface area contributed by atoms with Gasteiger partial charge in [-0.1, -0.05) is 28.9 Å². The lowest BCUT2D eigenvalue weighted by molar-refractivity contribution is 0.290. The lowest BCUT2D eigenvalue weighted by atomic mass is 10.1. The number of halogens is 1. The lowest BCUT2D eigenvalue weighted by Crippen LogP contribution is -2.09. The van der Waals surface area contributed by atoms with E-state index in [0.29, 0.717) is 6.61 Å². The van der Waals surface area contributed by atoms with E-state index < -0.39 is 0 Å². The molecule has 0 aliphatic carbocycles. The highest BCUT2D eigenvalue weighted by Crippen LogP contribution is 2.28. The van der Waals surface area contributed by atoms with Crippen molar-refractivity contribution in [3.05, 3.63) is 45.7 Å². The minimum atomic E-state index is -0.0594. The molecule has 0 saturated carbocycles. The molecule has 2 N–H and O–H groups in total. The number of hydrogen-bond donors (Lipinski definition) is 1. The molecule has 0 aliphatic rings. The van der Waals surface area contributed by atoms with Gasteiger partial charge >= 0.3 is 0 Å². The fourth-order valence-electron chi connectivity index (χ4n) is 2.04.